The van der Waals surface area contributed by atoms with Crippen LogP contribution >= 0.6 is 11.8 Å². The van der Waals surface area contributed by atoms with Crippen molar-refractivity contribution in [2.45, 2.75) is 25.8 Å². The molecular formula is C22H23FN6OS. The van der Waals surface area contributed by atoms with Crippen molar-refractivity contribution in [3.8, 4) is 11.3 Å². The van der Waals surface area contributed by atoms with Gasteiger partial charge in [0.15, 0.2) is 11.5 Å². The van der Waals surface area contributed by atoms with E-state index in [1.807, 2.05) is 42.0 Å². The predicted octanol–water partition coefficient (Wildman–Crippen LogP) is 3.72. The van der Waals surface area contributed by atoms with Gasteiger partial charge in [-0.25, -0.2) is 4.39 Å². The van der Waals surface area contributed by atoms with Crippen LogP contribution in [0.4, 0.5) is 4.39 Å². The maximum absolute atomic E-state index is 13.3. The molecule has 3 heterocycles. The molecule has 1 aromatic carbocycles. The normalized spacial score (nSPS) is 12.2. The van der Waals surface area contributed by atoms with E-state index in [1.54, 1.807) is 23.9 Å². The van der Waals surface area contributed by atoms with Gasteiger partial charge in [0, 0.05) is 23.0 Å². The van der Waals surface area contributed by atoms with E-state index in [1.165, 1.54) is 12.1 Å². The summed E-state index contributed by atoms with van der Waals surface area (Å²) in [5.41, 5.74) is 3.75. The van der Waals surface area contributed by atoms with Crippen LogP contribution in [-0.2, 0) is 11.2 Å². The molecule has 160 valence electrons. The number of fused-ring (bicyclic) bond motifs is 1. The first kappa shape index (κ1) is 21.0. The zero-order valence-corrected chi connectivity index (χ0v) is 18.1. The second-order valence-electron chi connectivity index (χ2n) is 7.25. The Bertz CT molecular complexity index is 1190. The van der Waals surface area contributed by atoms with E-state index < -0.39 is 0 Å². The number of aromatic nitrogens is 5. The molecule has 0 saturated carbocycles. The molecule has 1 atom stereocenters. The Morgan fingerprint density at radius 2 is 2.03 bits per heavy atom. The number of H-pyrrole nitrogens is 1. The standard InChI is InChI=1S/C22H23FN6OS/c1-14-17(21(27-25-14)15-6-8-16(23)9-7-15)13-20(30)24-18(10-12-31-2)22-28-26-19-5-3-4-11-29(19)22/h3-9,11,18H,10,12-13H2,1-2H3,(H,24,30)(H,25,27)/t18-/m0/s1. The molecule has 7 nitrogen and oxygen atoms in total. The van der Waals surface area contributed by atoms with E-state index in [-0.39, 0.29) is 24.2 Å². The van der Waals surface area contributed by atoms with Gasteiger partial charge >= 0.3 is 0 Å². The molecule has 0 aliphatic heterocycles. The third-order valence-electron chi connectivity index (χ3n) is 5.13. The van der Waals surface area contributed by atoms with Gasteiger partial charge < -0.3 is 5.32 Å². The maximum atomic E-state index is 13.3. The fraction of sp³-hybridized carbons (Fsp3) is 0.273. The molecule has 0 aliphatic rings. The summed E-state index contributed by atoms with van der Waals surface area (Å²) in [6.07, 6.45) is 4.82. The number of rotatable bonds is 8. The summed E-state index contributed by atoms with van der Waals surface area (Å²) in [5, 5.41) is 18.9. The molecule has 0 bridgehead atoms. The average Bonchev–Trinajstić information content (AvgIpc) is 3.36. The number of hydrogen-bond donors (Lipinski definition) is 2. The van der Waals surface area contributed by atoms with Crippen molar-refractivity contribution < 1.29 is 9.18 Å². The van der Waals surface area contributed by atoms with Gasteiger partial charge in [0.25, 0.3) is 0 Å². The number of benzene rings is 1. The molecule has 1 amide bonds. The van der Waals surface area contributed by atoms with E-state index in [0.717, 1.165) is 34.6 Å². The van der Waals surface area contributed by atoms with Crippen LogP contribution in [0.2, 0.25) is 0 Å². The second-order valence-corrected chi connectivity index (χ2v) is 8.23. The number of thioether (sulfide) groups is 1. The Kier molecular flexibility index (Phi) is 6.31. The molecule has 3 aromatic heterocycles. The lowest BCUT2D eigenvalue weighted by atomic mass is 10.0. The second kappa shape index (κ2) is 9.30. The summed E-state index contributed by atoms with van der Waals surface area (Å²) in [6.45, 7) is 1.87. The lowest BCUT2D eigenvalue weighted by molar-refractivity contribution is -0.121. The van der Waals surface area contributed by atoms with Crippen molar-refractivity contribution >= 4 is 23.3 Å². The van der Waals surface area contributed by atoms with Crippen molar-refractivity contribution in [3.63, 3.8) is 0 Å². The summed E-state index contributed by atoms with van der Waals surface area (Å²) in [7, 11) is 0. The lowest BCUT2D eigenvalue weighted by Gasteiger charge is -2.17. The molecule has 4 rings (SSSR count). The van der Waals surface area contributed by atoms with Crippen LogP contribution in [0.25, 0.3) is 16.9 Å². The van der Waals surface area contributed by atoms with Crippen molar-refractivity contribution in [1.82, 2.24) is 30.1 Å². The zero-order chi connectivity index (χ0) is 21.8. The largest absolute Gasteiger partial charge is 0.346 e. The number of halogens is 1. The van der Waals surface area contributed by atoms with Crippen molar-refractivity contribution in [2.75, 3.05) is 12.0 Å². The number of carbonyl (C=O) groups is 1. The van der Waals surface area contributed by atoms with Gasteiger partial charge in [-0.15, -0.1) is 10.2 Å². The smallest absolute Gasteiger partial charge is 0.225 e. The number of hydrogen-bond acceptors (Lipinski definition) is 5. The van der Waals surface area contributed by atoms with Crippen LogP contribution < -0.4 is 5.32 Å². The molecule has 0 unspecified atom stereocenters. The molecule has 9 heteroatoms. The van der Waals surface area contributed by atoms with Crippen LogP contribution in [-0.4, -0.2) is 42.7 Å². The van der Waals surface area contributed by atoms with E-state index in [0.29, 0.717) is 11.5 Å². The minimum absolute atomic E-state index is 0.133. The molecule has 4 aromatic rings. The van der Waals surface area contributed by atoms with Crippen LogP contribution in [0.15, 0.2) is 48.7 Å². The zero-order valence-electron chi connectivity index (χ0n) is 17.3. The fourth-order valence-electron chi connectivity index (χ4n) is 3.52. The van der Waals surface area contributed by atoms with Gasteiger partial charge in [0.05, 0.1) is 18.2 Å². The number of aromatic amines is 1. The highest BCUT2D eigenvalue weighted by Gasteiger charge is 2.22. The number of nitrogens with one attached hydrogen (secondary N) is 2. The Hall–Kier alpha value is -3.20. The number of nitrogens with zero attached hydrogens (tertiary/aromatic N) is 4. The SMILES string of the molecule is CSCC[C@H](NC(=O)Cc1c(-c2ccc(F)cc2)n[nH]c1C)c1nnc2ccccn12. The first-order valence-electron chi connectivity index (χ1n) is 9.94. The number of carbonyl (C=O) groups excluding carboxylic acids is 1. The topological polar surface area (TPSA) is 88.0 Å². The molecule has 0 spiro atoms. The minimum atomic E-state index is -0.313. The van der Waals surface area contributed by atoms with Gasteiger partial charge in [0.2, 0.25) is 5.91 Å². The van der Waals surface area contributed by atoms with Gasteiger partial charge in [-0.1, -0.05) is 6.07 Å². The van der Waals surface area contributed by atoms with Crippen LogP contribution in [0.5, 0.6) is 0 Å². The summed E-state index contributed by atoms with van der Waals surface area (Å²) in [4.78, 5) is 13.0. The van der Waals surface area contributed by atoms with E-state index in [4.69, 9.17) is 0 Å². The van der Waals surface area contributed by atoms with Gasteiger partial charge in [-0.05, 0) is 61.8 Å². The first-order valence-corrected chi connectivity index (χ1v) is 11.3. The summed E-state index contributed by atoms with van der Waals surface area (Å²) < 4.78 is 15.2. The highest BCUT2D eigenvalue weighted by molar-refractivity contribution is 7.98. The number of amides is 1. The third kappa shape index (κ3) is 4.61. The van der Waals surface area contributed by atoms with Crippen molar-refractivity contribution in [2.24, 2.45) is 0 Å². The Labute approximate surface area is 183 Å². The number of pyridine rings is 1. The van der Waals surface area contributed by atoms with Crippen LogP contribution in [0.3, 0.4) is 0 Å². The van der Waals surface area contributed by atoms with Crippen molar-refractivity contribution in [1.29, 1.82) is 0 Å². The van der Waals surface area contributed by atoms with Gasteiger partial charge in [0.1, 0.15) is 5.82 Å². The van der Waals surface area contributed by atoms with Gasteiger partial charge in [-0.3, -0.25) is 14.3 Å². The summed E-state index contributed by atoms with van der Waals surface area (Å²) >= 11 is 1.71. The highest BCUT2D eigenvalue weighted by Crippen LogP contribution is 2.25. The van der Waals surface area contributed by atoms with Crippen molar-refractivity contribution in [3.05, 3.63) is 71.6 Å². The maximum Gasteiger partial charge on any atom is 0.225 e. The minimum Gasteiger partial charge on any atom is -0.346 e. The third-order valence-corrected chi connectivity index (χ3v) is 5.77. The Morgan fingerprint density at radius 3 is 2.81 bits per heavy atom. The van der Waals surface area contributed by atoms with Crippen LogP contribution in [0.1, 0.15) is 29.5 Å². The quantitative estimate of drug-likeness (QED) is 0.438. The average molecular weight is 439 g/mol. The lowest BCUT2D eigenvalue weighted by Crippen LogP contribution is -2.31. The Morgan fingerprint density at radius 1 is 1.23 bits per heavy atom. The first-order chi connectivity index (χ1) is 15.1. The monoisotopic (exact) mass is 438 g/mol. The molecule has 0 aliphatic carbocycles. The molecule has 0 fully saturated rings. The molecule has 2 N–H and O–H groups in total. The predicted molar refractivity (Wildman–Crippen MR) is 119 cm³/mol. The van der Waals surface area contributed by atoms with Gasteiger partial charge in [-0.2, -0.15) is 16.9 Å². The van der Waals surface area contributed by atoms with Crippen LogP contribution in [0, 0.1) is 12.7 Å². The Balaban J connectivity index is 1.56. The molecular weight excluding hydrogens is 415 g/mol. The molecule has 31 heavy (non-hydrogen) atoms. The summed E-state index contributed by atoms with van der Waals surface area (Å²) in [5.74, 6) is 1.14. The highest BCUT2D eigenvalue weighted by atomic mass is 32.2. The summed E-state index contributed by atoms with van der Waals surface area (Å²) in [6, 6.07) is 11.5. The van der Waals surface area contributed by atoms with E-state index in [9.17, 15) is 9.18 Å². The number of aryl methyl sites for hydroxylation is 1. The van der Waals surface area contributed by atoms with E-state index >= 15 is 0 Å². The molecule has 0 saturated heterocycles. The molecule has 0 radical (unpaired) electrons. The van der Waals surface area contributed by atoms with E-state index in [2.05, 4.69) is 25.7 Å². The fourth-order valence-corrected chi connectivity index (χ4v) is 3.99.